The lowest BCUT2D eigenvalue weighted by molar-refractivity contribution is -0.227. The molecule has 1 spiro atoms. The molecule has 1 saturated heterocycles. The van der Waals surface area contributed by atoms with Crippen molar-refractivity contribution in [1.29, 1.82) is 0 Å². The molecule has 4 saturated carbocycles. The number of carboxylic acid groups (broad SMARTS) is 1. The van der Waals surface area contributed by atoms with E-state index in [1.807, 2.05) is 6.07 Å². The molecule has 5 N–H and O–H groups in total. The van der Waals surface area contributed by atoms with Gasteiger partial charge in [-0.2, -0.15) is 0 Å². The van der Waals surface area contributed by atoms with Gasteiger partial charge in [-0.1, -0.05) is 26.7 Å². The Kier molecular flexibility index (Phi) is 9.78. The van der Waals surface area contributed by atoms with Crippen LogP contribution in [0.1, 0.15) is 128 Å². The van der Waals surface area contributed by atoms with Gasteiger partial charge in [-0.3, -0.25) is 14.4 Å². The van der Waals surface area contributed by atoms with Gasteiger partial charge in [-0.25, -0.2) is 9.59 Å². The molecule has 1 aliphatic heterocycles. The lowest BCUT2D eigenvalue weighted by Gasteiger charge is -2.64. The molecule has 2 heterocycles. The zero-order valence-corrected chi connectivity index (χ0v) is 28.7. The molecule has 5 aliphatic rings. The van der Waals surface area contributed by atoms with E-state index in [-0.39, 0.29) is 71.8 Å². The van der Waals surface area contributed by atoms with Crippen LogP contribution in [0, 0.1) is 22.7 Å². The van der Waals surface area contributed by atoms with E-state index < -0.39 is 29.4 Å². The molecule has 0 aromatic carbocycles. The zero-order valence-electron chi connectivity index (χ0n) is 28.7. The van der Waals surface area contributed by atoms with Crippen molar-refractivity contribution in [3.8, 4) is 0 Å². The van der Waals surface area contributed by atoms with E-state index in [4.69, 9.17) is 19.6 Å². The van der Waals surface area contributed by atoms with Gasteiger partial charge in [0.15, 0.2) is 0 Å². The van der Waals surface area contributed by atoms with Gasteiger partial charge >= 0.3 is 17.6 Å². The molecular formula is C37H52N2O10. The first-order chi connectivity index (χ1) is 23.2. The molecule has 12 heteroatoms. The molecule has 10 atom stereocenters. The minimum Gasteiger partial charge on any atom is -0.480 e. The molecule has 0 unspecified atom stereocenters. The number of epoxide rings is 1. The second-order valence-electron chi connectivity index (χ2n) is 16.0. The molecule has 0 radical (unpaired) electrons. The number of unbranched alkanes of at least 4 members (excludes halogenated alkanes) is 3. The van der Waals surface area contributed by atoms with Crippen LogP contribution in [0.5, 0.6) is 0 Å². The number of hydrogen-bond acceptors (Lipinski definition) is 9. The lowest BCUT2D eigenvalue weighted by Crippen LogP contribution is -2.65. The molecule has 1 aromatic heterocycles. The molecule has 270 valence electrons. The maximum atomic E-state index is 12.8. The first-order valence-corrected chi connectivity index (χ1v) is 18.2. The smallest absolute Gasteiger partial charge is 0.335 e. The highest BCUT2D eigenvalue weighted by molar-refractivity contribution is 5.84. The van der Waals surface area contributed by atoms with E-state index in [0.29, 0.717) is 43.9 Å². The molecule has 1 aromatic rings. The maximum absolute atomic E-state index is 12.8. The summed E-state index contributed by atoms with van der Waals surface area (Å²) in [5.41, 5.74) is 4.35. The van der Waals surface area contributed by atoms with Gasteiger partial charge in [0, 0.05) is 37.2 Å². The van der Waals surface area contributed by atoms with Crippen LogP contribution in [0.25, 0.3) is 0 Å². The second kappa shape index (κ2) is 13.5. The number of carbonyl (C=O) groups is 4. The highest BCUT2D eigenvalue weighted by atomic mass is 16.6. The Balaban J connectivity index is 0.952. The summed E-state index contributed by atoms with van der Waals surface area (Å²) in [7, 11) is 0. The Bertz CT molecular complexity index is 1490. The average molecular weight is 685 g/mol. The van der Waals surface area contributed by atoms with E-state index in [2.05, 4.69) is 19.2 Å². The molecule has 0 bridgehead atoms. The molecule has 6 rings (SSSR count). The second-order valence-corrected chi connectivity index (χ2v) is 16.0. The number of rotatable bonds is 14. The van der Waals surface area contributed by atoms with Crippen LogP contribution < -0.4 is 16.7 Å². The minimum atomic E-state index is -1.21. The highest BCUT2D eigenvalue weighted by Gasteiger charge is 2.81. The van der Waals surface area contributed by atoms with E-state index in [1.54, 1.807) is 6.26 Å². The van der Waals surface area contributed by atoms with Crippen LogP contribution in [0.3, 0.4) is 0 Å². The number of fused-ring (bicyclic) bond motifs is 3. The number of carboxylic acids is 1. The minimum absolute atomic E-state index is 0.0495. The number of nitrogens with two attached hydrogens (primary N) is 1. The fourth-order valence-electron chi connectivity index (χ4n) is 10.8. The Labute approximate surface area is 286 Å². The molecule has 5 fully saturated rings. The predicted molar refractivity (Wildman–Crippen MR) is 176 cm³/mol. The largest absolute Gasteiger partial charge is 0.480 e. The Morgan fingerprint density at radius 3 is 2.39 bits per heavy atom. The number of aliphatic carboxylic acids is 1. The number of ether oxygens (including phenoxy) is 2. The SMILES string of the molecule is C[C@@]12CC[C@@H](OC(=O)CCCCCCC(=O)N[C@@H](CCC(N)=O)C(=O)O)C[C@@]1(O)CC[C@@H]1[C@H]2CC[C@]2(C)[C@@H](c3ccc(=O)oc3)C[C@H]3O[C@]132. The van der Waals surface area contributed by atoms with E-state index in [1.165, 1.54) is 6.07 Å². The Hall–Kier alpha value is -3.25. The van der Waals surface area contributed by atoms with Gasteiger partial charge in [0.2, 0.25) is 11.8 Å². The topological polar surface area (TPSA) is 199 Å². The maximum Gasteiger partial charge on any atom is 0.335 e. The van der Waals surface area contributed by atoms with Crippen LogP contribution >= 0.6 is 0 Å². The van der Waals surface area contributed by atoms with Gasteiger partial charge in [0.05, 0.1) is 18.0 Å². The summed E-state index contributed by atoms with van der Waals surface area (Å²) >= 11 is 0. The van der Waals surface area contributed by atoms with Crippen LogP contribution in [-0.2, 0) is 28.7 Å². The predicted octanol–water partition coefficient (Wildman–Crippen LogP) is 4.10. The van der Waals surface area contributed by atoms with E-state index in [0.717, 1.165) is 50.5 Å². The summed E-state index contributed by atoms with van der Waals surface area (Å²) in [6.07, 6.45) is 10.8. The molecule has 49 heavy (non-hydrogen) atoms. The summed E-state index contributed by atoms with van der Waals surface area (Å²) in [6, 6.07) is 2.28. The number of carbonyl (C=O) groups excluding carboxylic acids is 3. The van der Waals surface area contributed by atoms with Crippen molar-refractivity contribution in [2.75, 3.05) is 0 Å². The summed E-state index contributed by atoms with van der Waals surface area (Å²) < 4.78 is 17.8. The summed E-state index contributed by atoms with van der Waals surface area (Å²) in [5.74, 6) is -1.54. The molecule has 12 nitrogen and oxygen atoms in total. The third kappa shape index (κ3) is 6.43. The van der Waals surface area contributed by atoms with Crippen molar-refractivity contribution in [3.05, 3.63) is 34.4 Å². The molecular weight excluding hydrogens is 632 g/mol. The molecule has 4 aliphatic carbocycles. The van der Waals surface area contributed by atoms with Gasteiger partial charge in [0.25, 0.3) is 0 Å². The standard InChI is InChI=1S/C37H52N2O10/c1-34-16-13-23(48-32(43)8-6-4-3-5-7-30(41)39-27(33(44)45)10-11-29(38)40)20-36(34,46)18-15-25-24(34)14-17-35(2)26(19-28-37(25,35)49-28)22-9-12-31(42)47-21-22/h9,12,21,23-28,46H,3-8,10-11,13-20H2,1-2H3,(H2,38,40)(H,39,41)(H,44,45)/t23-,24-,25-,26-,27+,28-,34+,35-,36+,37-/m1/s1. The highest BCUT2D eigenvalue weighted by Crippen LogP contribution is 2.78. The summed E-state index contributed by atoms with van der Waals surface area (Å²) in [6.45, 7) is 4.61. The third-order valence-electron chi connectivity index (χ3n) is 13.5. The zero-order chi connectivity index (χ0) is 35.2. The van der Waals surface area contributed by atoms with Crippen molar-refractivity contribution < 1.29 is 43.3 Å². The van der Waals surface area contributed by atoms with Gasteiger partial charge in [-0.05, 0) is 99.0 Å². The number of hydrogen-bond donors (Lipinski definition) is 4. The normalized spacial score (nSPS) is 37.8. The van der Waals surface area contributed by atoms with Crippen LogP contribution in [0.15, 0.2) is 27.6 Å². The first kappa shape index (κ1) is 35.6. The van der Waals surface area contributed by atoms with Crippen molar-refractivity contribution >= 4 is 23.8 Å². The van der Waals surface area contributed by atoms with E-state index in [9.17, 15) is 34.2 Å². The van der Waals surface area contributed by atoms with Crippen molar-refractivity contribution in [1.82, 2.24) is 5.32 Å². The number of nitrogens with one attached hydrogen (secondary N) is 1. The van der Waals surface area contributed by atoms with Crippen LogP contribution in [0.4, 0.5) is 0 Å². The van der Waals surface area contributed by atoms with Crippen LogP contribution in [-0.4, -0.2) is 63.4 Å². The Morgan fingerprint density at radius 2 is 1.69 bits per heavy atom. The van der Waals surface area contributed by atoms with Gasteiger partial charge in [-0.15, -0.1) is 0 Å². The third-order valence-corrected chi connectivity index (χ3v) is 13.5. The molecule has 2 amide bonds. The fourth-order valence-corrected chi connectivity index (χ4v) is 10.8. The van der Waals surface area contributed by atoms with Crippen molar-refractivity contribution in [3.63, 3.8) is 0 Å². The van der Waals surface area contributed by atoms with Crippen molar-refractivity contribution in [2.24, 2.45) is 28.4 Å². The number of esters is 1. The number of primary amides is 1. The summed E-state index contributed by atoms with van der Waals surface area (Å²) in [4.78, 5) is 58.8. The van der Waals surface area contributed by atoms with Crippen molar-refractivity contribution in [2.45, 2.75) is 152 Å². The first-order valence-electron chi connectivity index (χ1n) is 18.2. The van der Waals surface area contributed by atoms with Gasteiger partial charge < -0.3 is 35.2 Å². The number of amides is 2. The number of aliphatic hydroxyl groups is 1. The Morgan fingerprint density at radius 1 is 0.980 bits per heavy atom. The van der Waals surface area contributed by atoms with Crippen LogP contribution in [0.2, 0.25) is 0 Å². The van der Waals surface area contributed by atoms with Gasteiger partial charge in [0.1, 0.15) is 17.7 Å². The van der Waals surface area contributed by atoms with E-state index >= 15 is 0 Å². The monoisotopic (exact) mass is 684 g/mol. The quantitative estimate of drug-likeness (QED) is 0.126. The summed E-state index contributed by atoms with van der Waals surface area (Å²) in [5, 5.41) is 23.9. The fraction of sp³-hybridized carbons (Fsp3) is 0.757. The average Bonchev–Trinajstić information content (AvgIpc) is 3.70. The lowest BCUT2D eigenvalue weighted by atomic mass is 9.42.